The van der Waals surface area contributed by atoms with Gasteiger partial charge < -0.3 is 25.9 Å². The van der Waals surface area contributed by atoms with E-state index in [0.29, 0.717) is 47.7 Å². The molecule has 0 saturated carbocycles. The van der Waals surface area contributed by atoms with Gasteiger partial charge in [0.15, 0.2) is 11.3 Å². The molecular weight excluding hydrogens is 416 g/mol. The Balaban J connectivity index is 2.02. The second kappa shape index (κ2) is 10.2. The maximum Gasteiger partial charge on any atom is 0.257 e. The number of fused-ring (bicyclic) bond motifs is 1. The van der Waals surface area contributed by atoms with Crippen molar-refractivity contribution in [3.63, 3.8) is 0 Å². The van der Waals surface area contributed by atoms with E-state index in [1.807, 2.05) is 19.1 Å². The first kappa shape index (κ1) is 22.5. The summed E-state index contributed by atoms with van der Waals surface area (Å²) in [5.41, 5.74) is 13.7. The highest BCUT2D eigenvalue weighted by atomic mass is 32.2. The van der Waals surface area contributed by atoms with Crippen molar-refractivity contribution in [2.24, 2.45) is 16.6 Å². The first-order valence-corrected chi connectivity index (χ1v) is 10.6. The summed E-state index contributed by atoms with van der Waals surface area (Å²) in [7, 11) is 0. The number of amides is 1. The second-order valence-corrected chi connectivity index (χ2v) is 7.21. The number of anilines is 1. The monoisotopic (exact) mass is 442 g/mol. The molecular formula is C21H26N6O3S. The summed E-state index contributed by atoms with van der Waals surface area (Å²) >= 11 is 0.731. The van der Waals surface area contributed by atoms with Crippen LogP contribution in [0.25, 0.3) is 11.0 Å². The molecule has 1 heterocycles. The molecule has 31 heavy (non-hydrogen) atoms. The molecule has 0 bridgehead atoms. The lowest BCUT2D eigenvalue weighted by Gasteiger charge is -2.20. The summed E-state index contributed by atoms with van der Waals surface area (Å²) in [5, 5.41) is 17.0. The first-order chi connectivity index (χ1) is 15.0. The fraction of sp³-hybridized carbons (Fsp3) is 0.238. The molecule has 0 saturated heterocycles. The van der Waals surface area contributed by atoms with Crippen molar-refractivity contribution in [1.29, 1.82) is 5.41 Å². The minimum atomic E-state index is -0.754. The molecule has 1 atom stereocenters. The van der Waals surface area contributed by atoms with E-state index in [1.165, 1.54) is 0 Å². The van der Waals surface area contributed by atoms with E-state index >= 15 is 0 Å². The summed E-state index contributed by atoms with van der Waals surface area (Å²) in [6, 6.07) is 11.7. The summed E-state index contributed by atoms with van der Waals surface area (Å²) in [6.07, 6.45) is 0.601. The van der Waals surface area contributed by atoms with Crippen molar-refractivity contribution in [2.45, 2.75) is 19.4 Å². The van der Waals surface area contributed by atoms with Crippen LogP contribution in [0.3, 0.4) is 0 Å². The van der Waals surface area contributed by atoms with Gasteiger partial charge in [0, 0.05) is 35.2 Å². The van der Waals surface area contributed by atoms with E-state index in [1.54, 1.807) is 30.3 Å². The van der Waals surface area contributed by atoms with Crippen molar-refractivity contribution in [3.8, 4) is 5.75 Å². The summed E-state index contributed by atoms with van der Waals surface area (Å²) in [4.78, 5) is 12.8. The number of benzene rings is 2. The minimum absolute atomic E-state index is 0.0274. The average molecular weight is 443 g/mol. The SMILES string of the molecule is CCOc1cc(C(Nc2ccc(C(=N)N)cc2)C(=O)NSN)cc2cc(CCN)oc12. The smallest absolute Gasteiger partial charge is 0.257 e. The van der Waals surface area contributed by atoms with Crippen LogP contribution < -0.4 is 31.4 Å². The third-order valence-corrected chi connectivity index (χ3v) is 4.93. The number of nitrogens with two attached hydrogens (primary N) is 3. The molecule has 1 unspecified atom stereocenters. The molecule has 0 aliphatic rings. The largest absolute Gasteiger partial charge is 0.490 e. The Morgan fingerprint density at radius 2 is 2.00 bits per heavy atom. The molecule has 0 spiro atoms. The van der Waals surface area contributed by atoms with Crippen molar-refractivity contribution in [3.05, 3.63) is 59.4 Å². The molecule has 2 aromatic carbocycles. The predicted octanol–water partition coefficient (Wildman–Crippen LogP) is 2.41. The first-order valence-electron chi connectivity index (χ1n) is 9.72. The number of nitrogen functional groups attached to an aromatic ring is 1. The van der Waals surface area contributed by atoms with E-state index in [-0.39, 0.29) is 11.7 Å². The number of nitrogens with one attached hydrogen (secondary N) is 3. The molecule has 0 fully saturated rings. The Morgan fingerprint density at radius 3 is 2.61 bits per heavy atom. The van der Waals surface area contributed by atoms with Crippen LogP contribution in [0.2, 0.25) is 0 Å². The van der Waals surface area contributed by atoms with Crippen LogP contribution in [0.15, 0.2) is 46.9 Å². The van der Waals surface area contributed by atoms with Gasteiger partial charge >= 0.3 is 0 Å². The van der Waals surface area contributed by atoms with Gasteiger partial charge in [-0.05, 0) is 61.5 Å². The number of ether oxygens (including phenoxy) is 1. The highest BCUT2D eigenvalue weighted by Crippen LogP contribution is 2.34. The molecule has 164 valence electrons. The zero-order valence-corrected chi connectivity index (χ0v) is 17.9. The lowest BCUT2D eigenvalue weighted by atomic mass is 10.0. The topological polar surface area (TPSA) is 165 Å². The number of furan rings is 1. The molecule has 9 nitrogen and oxygen atoms in total. The van der Waals surface area contributed by atoms with Crippen molar-refractivity contribution < 1.29 is 13.9 Å². The highest BCUT2D eigenvalue weighted by molar-refractivity contribution is 7.95. The predicted molar refractivity (Wildman–Crippen MR) is 124 cm³/mol. The summed E-state index contributed by atoms with van der Waals surface area (Å²) < 4.78 is 14.3. The van der Waals surface area contributed by atoms with E-state index in [0.717, 1.165) is 23.3 Å². The molecule has 0 radical (unpaired) electrons. The van der Waals surface area contributed by atoms with Crippen LogP contribution >= 0.6 is 12.1 Å². The second-order valence-electron chi connectivity index (χ2n) is 6.77. The fourth-order valence-corrected chi connectivity index (χ4v) is 3.46. The van der Waals surface area contributed by atoms with Gasteiger partial charge in [0.25, 0.3) is 5.91 Å². The van der Waals surface area contributed by atoms with Gasteiger partial charge in [-0.3, -0.25) is 20.1 Å². The van der Waals surface area contributed by atoms with Gasteiger partial charge in [0.05, 0.1) is 6.61 Å². The number of amidine groups is 1. The van der Waals surface area contributed by atoms with Crippen LogP contribution in [0, 0.1) is 5.41 Å². The zero-order chi connectivity index (χ0) is 22.4. The van der Waals surface area contributed by atoms with Gasteiger partial charge in [-0.1, -0.05) is 0 Å². The molecule has 9 N–H and O–H groups in total. The maximum absolute atomic E-state index is 12.8. The third-order valence-electron chi connectivity index (χ3n) is 4.61. The number of carbonyl (C=O) groups is 1. The molecule has 0 aliphatic carbocycles. The quantitative estimate of drug-likeness (QED) is 0.158. The van der Waals surface area contributed by atoms with Gasteiger partial charge in [-0.15, -0.1) is 0 Å². The normalized spacial score (nSPS) is 11.8. The molecule has 1 aromatic heterocycles. The minimum Gasteiger partial charge on any atom is -0.490 e. The van der Waals surface area contributed by atoms with E-state index in [9.17, 15) is 4.79 Å². The van der Waals surface area contributed by atoms with Crippen LogP contribution in [0.1, 0.15) is 29.9 Å². The van der Waals surface area contributed by atoms with Crippen molar-refractivity contribution in [2.75, 3.05) is 18.5 Å². The number of hydrogen-bond acceptors (Lipinski definition) is 8. The molecule has 3 rings (SSSR count). The Kier molecular flexibility index (Phi) is 7.40. The molecule has 3 aromatic rings. The Bertz CT molecular complexity index is 1070. The third kappa shape index (κ3) is 5.29. The molecule has 10 heteroatoms. The van der Waals surface area contributed by atoms with Crippen LogP contribution in [-0.4, -0.2) is 24.9 Å². The van der Waals surface area contributed by atoms with Gasteiger partial charge in [0.2, 0.25) is 0 Å². The Hall–Kier alpha value is -3.21. The average Bonchev–Trinajstić information content (AvgIpc) is 3.15. The Labute approximate surface area is 184 Å². The Morgan fingerprint density at radius 1 is 1.26 bits per heavy atom. The van der Waals surface area contributed by atoms with Gasteiger partial charge in [-0.25, -0.2) is 0 Å². The maximum atomic E-state index is 12.8. The number of carbonyl (C=O) groups excluding carboxylic acids is 1. The summed E-state index contributed by atoms with van der Waals surface area (Å²) in [6.45, 7) is 2.79. The van der Waals surface area contributed by atoms with E-state index in [2.05, 4.69) is 10.0 Å². The van der Waals surface area contributed by atoms with Gasteiger partial charge in [0.1, 0.15) is 17.6 Å². The highest BCUT2D eigenvalue weighted by Gasteiger charge is 2.23. The van der Waals surface area contributed by atoms with Gasteiger partial charge in [-0.2, -0.15) is 0 Å². The lowest BCUT2D eigenvalue weighted by molar-refractivity contribution is -0.120. The van der Waals surface area contributed by atoms with Crippen LogP contribution in [0.5, 0.6) is 5.75 Å². The lowest BCUT2D eigenvalue weighted by Crippen LogP contribution is -2.30. The zero-order valence-electron chi connectivity index (χ0n) is 17.1. The standard InChI is InChI=1S/C21H26N6O3S/c1-2-29-17-11-13(9-14-10-16(7-8-22)30-19(14)17)18(21(28)27-31-25)26-15-5-3-12(4-6-15)20(23)24/h3-6,9-11,18,26H,2,7-8,22,25H2,1H3,(H3,23,24)(H,27,28). The number of rotatable bonds is 10. The molecule has 0 aliphatic heterocycles. The van der Waals surface area contributed by atoms with Crippen molar-refractivity contribution >= 4 is 40.5 Å². The summed E-state index contributed by atoms with van der Waals surface area (Å²) in [5.74, 6) is 0.947. The van der Waals surface area contributed by atoms with E-state index < -0.39 is 6.04 Å². The van der Waals surface area contributed by atoms with Crippen molar-refractivity contribution in [1.82, 2.24) is 4.72 Å². The van der Waals surface area contributed by atoms with Crippen LogP contribution in [-0.2, 0) is 11.2 Å². The fourth-order valence-electron chi connectivity index (χ4n) is 3.22. The van der Waals surface area contributed by atoms with Crippen LogP contribution in [0.4, 0.5) is 5.69 Å². The number of hydrogen-bond donors (Lipinski definition) is 6. The van der Waals surface area contributed by atoms with E-state index in [4.69, 9.17) is 31.2 Å². The molecule has 1 amide bonds.